The summed E-state index contributed by atoms with van der Waals surface area (Å²) in [6, 6.07) is 8.20. The van der Waals surface area contributed by atoms with Crippen LogP contribution in [0.1, 0.15) is 11.5 Å². The molecular weight excluding hydrogens is 278 g/mol. The van der Waals surface area contributed by atoms with Gasteiger partial charge in [-0.3, -0.25) is 0 Å². The molecule has 0 spiro atoms. The van der Waals surface area contributed by atoms with E-state index < -0.39 is 0 Å². The minimum absolute atomic E-state index is 0.627. The summed E-state index contributed by atoms with van der Waals surface area (Å²) < 4.78 is 3.18. The molecule has 0 atom stereocenters. The van der Waals surface area contributed by atoms with Crippen molar-refractivity contribution >= 4 is 15.9 Å². The summed E-state index contributed by atoms with van der Waals surface area (Å²) in [7, 11) is 2.04. The van der Waals surface area contributed by atoms with Crippen LogP contribution in [0.4, 0.5) is 0 Å². The quantitative estimate of drug-likeness (QED) is 0.945. The third kappa shape index (κ3) is 2.42. The molecule has 0 aliphatic rings. The summed E-state index contributed by atoms with van der Waals surface area (Å²) in [5, 5.41) is 0. The highest BCUT2D eigenvalue weighted by Crippen LogP contribution is 2.25. The summed E-state index contributed by atoms with van der Waals surface area (Å²) in [4.78, 5) is 4.67. The van der Waals surface area contributed by atoms with Gasteiger partial charge < -0.3 is 10.3 Å². The monoisotopic (exact) mass is 293 g/mol. The van der Waals surface area contributed by atoms with E-state index in [9.17, 15) is 0 Å². The maximum absolute atomic E-state index is 5.59. The SMILES string of the molecule is Cc1c(-c2cccc(Br)c2)nc(CCN)n1C. The van der Waals surface area contributed by atoms with Gasteiger partial charge in [0.1, 0.15) is 5.82 Å². The van der Waals surface area contributed by atoms with Gasteiger partial charge in [-0.15, -0.1) is 0 Å². The van der Waals surface area contributed by atoms with Crippen LogP contribution < -0.4 is 5.73 Å². The molecule has 1 aromatic heterocycles. The maximum atomic E-state index is 5.59. The average molecular weight is 294 g/mol. The Hall–Kier alpha value is -1.13. The zero-order valence-electron chi connectivity index (χ0n) is 10.1. The Bertz CT molecular complexity index is 531. The Balaban J connectivity index is 2.49. The van der Waals surface area contributed by atoms with E-state index in [1.807, 2.05) is 19.2 Å². The van der Waals surface area contributed by atoms with E-state index >= 15 is 0 Å². The molecule has 0 aliphatic heterocycles. The first-order valence-corrected chi connectivity index (χ1v) is 6.41. The van der Waals surface area contributed by atoms with Crippen molar-refractivity contribution in [2.45, 2.75) is 13.3 Å². The molecular formula is C13H16BrN3. The van der Waals surface area contributed by atoms with Crippen molar-refractivity contribution in [1.29, 1.82) is 0 Å². The topological polar surface area (TPSA) is 43.8 Å². The van der Waals surface area contributed by atoms with E-state index in [0.29, 0.717) is 6.54 Å². The molecule has 1 heterocycles. The number of imidazole rings is 1. The predicted octanol–water partition coefficient (Wildman–Crippen LogP) is 2.66. The van der Waals surface area contributed by atoms with E-state index in [1.54, 1.807) is 0 Å². The fraction of sp³-hybridized carbons (Fsp3) is 0.308. The lowest BCUT2D eigenvalue weighted by Gasteiger charge is -2.01. The second kappa shape index (κ2) is 5.02. The number of hydrogen-bond acceptors (Lipinski definition) is 2. The number of nitrogens with two attached hydrogens (primary N) is 1. The molecule has 2 N–H and O–H groups in total. The van der Waals surface area contributed by atoms with Crippen LogP contribution in [0.25, 0.3) is 11.3 Å². The summed E-state index contributed by atoms with van der Waals surface area (Å²) in [5.74, 6) is 1.04. The second-order valence-corrected chi connectivity index (χ2v) is 4.99. The van der Waals surface area contributed by atoms with Crippen LogP contribution >= 0.6 is 15.9 Å². The van der Waals surface area contributed by atoms with Crippen molar-refractivity contribution in [2.75, 3.05) is 6.54 Å². The lowest BCUT2D eigenvalue weighted by Crippen LogP contribution is -2.08. The van der Waals surface area contributed by atoms with Crippen LogP contribution in [-0.2, 0) is 13.5 Å². The zero-order chi connectivity index (χ0) is 12.4. The van der Waals surface area contributed by atoms with E-state index in [2.05, 4.69) is 44.5 Å². The average Bonchev–Trinajstić information content (AvgIpc) is 2.58. The van der Waals surface area contributed by atoms with Crippen LogP contribution in [0.5, 0.6) is 0 Å². The summed E-state index contributed by atoms with van der Waals surface area (Å²) >= 11 is 3.49. The molecule has 0 fully saturated rings. The number of rotatable bonds is 3. The standard InChI is InChI=1S/C13H16BrN3/c1-9-13(10-4-3-5-11(14)8-10)16-12(6-7-15)17(9)2/h3-5,8H,6-7,15H2,1-2H3. The first kappa shape index (κ1) is 12.3. The molecule has 17 heavy (non-hydrogen) atoms. The van der Waals surface area contributed by atoms with Gasteiger partial charge in [0.2, 0.25) is 0 Å². The maximum Gasteiger partial charge on any atom is 0.110 e. The van der Waals surface area contributed by atoms with Crippen LogP contribution in [-0.4, -0.2) is 16.1 Å². The number of hydrogen-bond donors (Lipinski definition) is 1. The van der Waals surface area contributed by atoms with E-state index in [0.717, 1.165) is 28.0 Å². The molecule has 0 unspecified atom stereocenters. The van der Waals surface area contributed by atoms with E-state index in [4.69, 9.17) is 5.73 Å². The largest absolute Gasteiger partial charge is 0.335 e. The van der Waals surface area contributed by atoms with Crippen molar-refractivity contribution < 1.29 is 0 Å². The van der Waals surface area contributed by atoms with Crippen molar-refractivity contribution in [3.63, 3.8) is 0 Å². The molecule has 1 aromatic carbocycles. The first-order chi connectivity index (χ1) is 8.13. The van der Waals surface area contributed by atoms with Gasteiger partial charge in [-0.2, -0.15) is 0 Å². The van der Waals surface area contributed by atoms with E-state index in [-0.39, 0.29) is 0 Å². The number of aromatic nitrogens is 2. The van der Waals surface area contributed by atoms with Gasteiger partial charge in [-0.25, -0.2) is 4.98 Å². The molecule has 0 bridgehead atoms. The predicted molar refractivity (Wildman–Crippen MR) is 73.8 cm³/mol. The fourth-order valence-electron chi connectivity index (χ4n) is 1.90. The highest BCUT2D eigenvalue weighted by Gasteiger charge is 2.12. The normalized spacial score (nSPS) is 10.8. The van der Waals surface area contributed by atoms with Crippen LogP contribution in [0.3, 0.4) is 0 Å². The van der Waals surface area contributed by atoms with Gasteiger partial charge in [-0.1, -0.05) is 28.1 Å². The van der Waals surface area contributed by atoms with Crippen LogP contribution in [0.2, 0.25) is 0 Å². The van der Waals surface area contributed by atoms with Gasteiger partial charge in [0.05, 0.1) is 5.69 Å². The van der Waals surface area contributed by atoms with Gasteiger partial charge in [0.25, 0.3) is 0 Å². The minimum atomic E-state index is 0.627. The Morgan fingerprint density at radius 3 is 2.82 bits per heavy atom. The van der Waals surface area contributed by atoms with Crippen molar-refractivity contribution in [3.05, 3.63) is 40.3 Å². The molecule has 90 valence electrons. The third-order valence-corrected chi connectivity index (χ3v) is 3.43. The van der Waals surface area contributed by atoms with Crippen molar-refractivity contribution in [3.8, 4) is 11.3 Å². The number of nitrogens with zero attached hydrogens (tertiary/aromatic N) is 2. The zero-order valence-corrected chi connectivity index (χ0v) is 11.7. The number of halogens is 1. The van der Waals surface area contributed by atoms with Gasteiger partial charge >= 0.3 is 0 Å². The molecule has 2 aromatic rings. The second-order valence-electron chi connectivity index (χ2n) is 4.07. The Morgan fingerprint density at radius 1 is 1.41 bits per heavy atom. The third-order valence-electron chi connectivity index (χ3n) is 2.94. The smallest absolute Gasteiger partial charge is 0.110 e. The Labute approximate surface area is 110 Å². The molecule has 3 nitrogen and oxygen atoms in total. The van der Waals surface area contributed by atoms with Gasteiger partial charge in [0.15, 0.2) is 0 Å². The van der Waals surface area contributed by atoms with E-state index in [1.165, 1.54) is 5.69 Å². The molecule has 2 rings (SSSR count). The molecule has 0 amide bonds. The Morgan fingerprint density at radius 2 is 2.18 bits per heavy atom. The van der Waals surface area contributed by atoms with Gasteiger partial charge in [-0.05, 0) is 25.6 Å². The molecule has 0 radical (unpaired) electrons. The lowest BCUT2D eigenvalue weighted by molar-refractivity contribution is 0.761. The molecule has 4 heteroatoms. The first-order valence-electron chi connectivity index (χ1n) is 5.61. The van der Waals surface area contributed by atoms with Crippen LogP contribution in [0.15, 0.2) is 28.7 Å². The van der Waals surface area contributed by atoms with Crippen molar-refractivity contribution in [2.24, 2.45) is 12.8 Å². The molecule has 0 aliphatic carbocycles. The molecule has 0 saturated carbocycles. The summed E-state index contributed by atoms with van der Waals surface area (Å²) in [6.45, 7) is 2.71. The minimum Gasteiger partial charge on any atom is -0.335 e. The van der Waals surface area contributed by atoms with Crippen molar-refractivity contribution in [1.82, 2.24) is 9.55 Å². The Kier molecular flexibility index (Phi) is 3.64. The highest BCUT2D eigenvalue weighted by molar-refractivity contribution is 9.10. The summed E-state index contributed by atoms with van der Waals surface area (Å²) in [6.07, 6.45) is 0.811. The number of benzene rings is 1. The fourth-order valence-corrected chi connectivity index (χ4v) is 2.30. The summed E-state index contributed by atoms with van der Waals surface area (Å²) in [5.41, 5.74) is 8.94. The van der Waals surface area contributed by atoms with Crippen LogP contribution in [0, 0.1) is 6.92 Å². The lowest BCUT2D eigenvalue weighted by atomic mass is 10.1. The highest BCUT2D eigenvalue weighted by atomic mass is 79.9. The molecule has 0 saturated heterocycles. The van der Waals surface area contributed by atoms with Gasteiger partial charge in [0, 0.05) is 29.2 Å².